The van der Waals surface area contributed by atoms with E-state index in [1.165, 1.54) is 11.8 Å². The molecule has 1 aliphatic rings. The molecule has 29 heavy (non-hydrogen) atoms. The van der Waals surface area contributed by atoms with Gasteiger partial charge in [0.25, 0.3) is 0 Å². The maximum absolute atomic E-state index is 12.6. The summed E-state index contributed by atoms with van der Waals surface area (Å²) in [6, 6.07) is 11.8. The van der Waals surface area contributed by atoms with E-state index in [9.17, 15) is 4.79 Å². The van der Waals surface area contributed by atoms with Gasteiger partial charge in [0, 0.05) is 18.8 Å². The summed E-state index contributed by atoms with van der Waals surface area (Å²) in [5.41, 5.74) is 1.81. The molecule has 1 amide bonds. The van der Waals surface area contributed by atoms with Crippen LogP contribution in [-0.2, 0) is 9.53 Å². The number of benzene rings is 1. The fourth-order valence-electron chi connectivity index (χ4n) is 3.32. The molecular weight excluding hydrogens is 388 g/mol. The lowest BCUT2D eigenvalue weighted by atomic mass is 10.2. The zero-order valence-corrected chi connectivity index (χ0v) is 17.3. The molecule has 3 heterocycles. The highest BCUT2D eigenvalue weighted by molar-refractivity contribution is 8.00. The highest BCUT2D eigenvalue weighted by Gasteiger charge is 2.24. The van der Waals surface area contributed by atoms with E-state index in [2.05, 4.69) is 15.5 Å². The second kappa shape index (κ2) is 8.84. The lowest BCUT2D eigenvalue weighted by molar-refractivity contribution is -0.120. The van der Waals surface area contributed by atoms with Crippen molar-refractivity contribution in [3.05, 3.63) is 48.4 Å². The Morgan fingerprint density at radius 2 is 2.14 bits per heavy atom. The molecule has 7 nitrogen and oxygen atoms in total. The monoisotopic (exact) mass is 412 g/mol. The molecule has 1 aromatic carbocycles. The predicted octanol–water partition coefficient (Wildman–Crippen LogP) is 3.61. The van der Waals surface area contributed by atoms with Crippen LogP contribution in [0.2, 0.25) is 0 Å². The average molecular weight is 413 g/mol. The molecule has 1 saturated heterocycles. The zero-order chi connectivity index (χ0) is 20.2. The Hall–Kier alpha value is -2.58. The van der Waals surface area contributed by atoms with Crippen LogP contribution in [0.3, 0.4) is 0 Å². The number of nitrogens with zero attached hydrogens (tertiary/aromatic N) is 3. The van der Waals surface area contributed by atoms with Gasteiger partial charge in [-0.25, -0.2) is 0 Å². The van der Waals surface area contributed by atoms with Crippen molar-refractivity contribution in [2.75, 3.05) is 13.2 Å². The van der Waals surface area contributed by atoms with Crippen LogP contribution in [-0.4, -0.2) is 45.2 Å². The summed E-state index contributed by atoms with van der Waals surface area (Å²) in [6.07, 6.45) is 3.82. The predicted molar refractivity (Wildman–Crippen MR) is 111 cm³/mol. The van der Waals surface area contributed by atoms with Gasteiger partial charge in [0.1, 0.15) is 5.76 Å². The first kappa shape index (κ1) is 19.7. The third-order valence-corrected chi connectivity index (χ3v) is 5.97. The first-order chi connectivity index (χ1) is 14.1. The topological polar surface area (TPSA) is 82.2 Å². The lowest BCUT2D eigenvalue weighted by Gasteiger charge is -2.15. The summed E-state index contributed by atoms with van der Waals surface area (Å²) >= 11 is 1.39. The van der Waals surface area contributed by atoms with Gasteiger partial charge in [-0.05, 0) is 44.9 Å². The second-order valence-electron chi connectivity index (χ2n) is 7.01. The second-order valence-corrected chi connectivity index (χ2v) is 8.32. The van der Waals surface area contributed by atoms with E-state index in [4.69, 9.17) is 9.15 Å². The summed E-state index contributed by atoms with van der Waals surface area (Å²) < 4.78 is 13.0. The quantitative estimate of drug-likeness (QED) is 0.597. The number of rotatable bonds is 7. The van der Waals surface area contributed by atoms with E-state index in [1.54, 1.807) is 6.26 Å². The van der Waals surface area contributed by atoms with E-state index in [0.717, 1.165) is 36.5 Å². The number of amides is 1. The van der Waals surface area contributed by atoms with Crippen molar-refractivity contribution in [3.63, 3.8) is 0 Å². The molecule has 0 aliphatic carbocycles. The number of hydrogen-bond acceptors (Lipinski definition) is 6. The van der Waals surface area contributed by atoms with Crippen molar-refractivity contribution in [3.8, 4) is 17.1 Å². The Morgan fingerprint density at radius 3 is 2.83 bits per heavy atom. The van der Waals surface area contributed by atoms with E-state index in [1.807, 2.05) is 54.8 Å². The summed E-state index contributed by atoms with van der Waals surface area (Å²) in [4.78, 5) is 12.6. The number of nitrogens with one attached hydrogen (secondary N) is 1. The Labute approximate surface area is 173 Å². The molecule has 0 spiro atoms. The smallest absolute Gasteiger partial charge is 0.233 e. The van der Waals surface area contributed by atoms with E-state index < -0.39 is 0 Å². The molecule has 8 heteroatoms. The molecule has 4 rings (SSSR count). The minimum absolute atomic E-state index is 0.0332. The van der Waals surface area contributed by atoms with Gasteiger partial charge in [-0.1, -0.05) is 30.0 Å². The van der Waals surface area contributed by atoms with Crippen LogP contribution in [0.1, 0.15) is 25.5 Å². The minimum Gasteiger partial charge on any atom is -0.469 e. The number of hydrogen-bond donors (Lipinski definition) is 1. The van der Waals surface area contributed by atoms with Crippen LogP contribution in [0.5, 0.6) is 0 Å². The third kappa shape index (κ3) is 4.38. The molecule has 0 saturated carbocycles. The van der Waals surface area contributed by atoms with Gasteiger partial charge in [-0.2, -0.15) is 0 Å². The Kier molecular flexibility index (Phi) is 6.01. The maximum atomic E-state index is 12.6. The van der Waals surface area contributed by atoms with Crippen molar-refractivity contribution in [2.45, 2.75) is 43.2 Å². The molecule has 1 N–H and O–H groups in total. The van der Waals surface area contributed by atoms with Crippen LogP contribution in [0.15, 0.2) is 52.2 Å². The molecule has 1 aliphatic heterocycles. The molecule has 0 radical (unpaired) electrons. The van der Waals surface area contributed by atoms with Crippen LogP contribution < -0.4 is 5.32 Å². The SMILES string of the molecule is Cc1occc1-c1nnc(S[C@H](C)C(=O)NC[C@@H]2CCCO2)n1-c1ccccc1. The standard InChI is InChI=1S/C21H24N4O3S/c1-14-18(10-12-27-14)19-23-24-21(25(19)16-7-4-3-5-8-16)29-15(2)20(26)22-13-17-9-6-11-28-17/h3-5,7-8,10,12,15,17H,6,9,11,13H2,1-2H3,(H,22,26)/t15-,17+/m1/s1. The van der Waals surface area contributed by atoms with Crippen molar-refractivity contribution < 1.29 is 13.9 Å². The number of carbonyl (C=O) groups is 1. The number of para-hydroxylation sites is 1. The fraction of sp³-hybridized carbons (Fsp3) is 0.381. The molecule has 152 valence electrons. The Balaban J connectivity index is 1.56. The number of carbonyl (C=O) groups excluding carboxylic acids is 1. The fourth-order valence-corrected chi connectivity index (χ4v) is 4.21. The number of thioether (sulfide) groups is 1. The maximum Gasteiger partial charge on any atom is 0.233 e. The number of aromatic nitrogens is 3. The summed E-state index contributed by atoms with van der Waals surface area (Å²) in [5.74, 6) is 1.43. The third-order valence-electron chi connectivity index (χ3n) is 4.93. The molecule has 2 aromatic heterocycles. The lowest BCUT2D eigenvalue weighted by Crippen LogP contribution is -2.36. The number of aryl methyl sites for hydroxylation is 1. The van der Waals surface area contributed by atoms with E-state index >= 15 is 0 Å². The highest BCUT2D eigenvalue weighted by Crippen LogP contribution is 2.31. The highest BCUT2D eigenvalue weighted by atomic mass is 32.2. The van der Waals surface area contributed by atoms with E-state index in [0.29, 0.717) is 17.5 Å². The summed E-state index contributed by atoms with van der Waals surface area (Å²) in [7, 11) is 0. The van der Waals surface area contributed by atoms with Crippen LogP contribution in [0, 0.1) is 6.92 Å². The van der Waals surface area contributed by atoms with Crippen LogP contribution in [0.25, 0.3) is 17.1 Å². The Morgan fingerprint density at radius 1 is 1.31 bits per heavy atom. The van der Waals surface area contributed by atoms with Gasteiger partial charge in [0.2, 0.25) is 5.91 Å². The molecular formula is C21H24N4O3S. The first-order valence-electron chi connectivity index (χ1n) is 9.74. The molecule has 2 atom stereocenters. The van der Waals surface area contributed by atoms with E-state index in [-0.39, 0.29) is 17.3 Å². The summed E-state index contributed by atoms with van der Waals surface area (Å²) in [6.45, 7) is 5.10. The number of ether oxygens (including phenoxy) is 1. The van der Waals surface area contributed by atoms with Crippen LogP contribution >= 0.6 is 11.8 Å². The van der Waals surface area contributed by atoms with Crippen LogP contribution in [0.4, 0.5) is 0 Å². The molecule has 1 fully saturated rings. The minimum atomic E-state index is -0.318. The largest absolute Gasteiger partial charge is 0.469 e. The average Bonchev–Trinajstić information content (AvgIpc) is 3.48. The van der Waals surface area contributed by atoms with Gasteiger partial charge < -0.3 is 14.5 Å². The normalized spacial score (nSPS) is 17.4. The van der Waals surface area contributed by atoms with Crippen molar-refractivity contribution in [2.24, 2.45) is 0 Å². The first-order valence-corrected chi connectivity index (χ1v) is 10.6. The van der Waals surface area contributed by atoms with Gasteiger partial charge >= 0.3 is 0 Å². The van der Waals surface area contributed by atoms with Crippen molar-refractivity contribution >= 4 is 17.7 Å². The molecule has 3 aromatic rings. The van der Waals surface area contributed by atoms with Crippen molar-refractivity contribution in [1.82, 2.24) is 20.1 Å². The molecule has 0 unspecified atom stereocenters. The number of furan rings is 1. The van der Waals surface area contributed by atoms with Gasteiger partial charge in [-0.3, -0.25) is 9.36 Å². The summed E-state index contributed by atoms with van der Waals surface area (Å²) in [5, 5.41) is 12.1. The van der Waals surface area contributed by atoms with Gasteiger partial charge in [0.15, 0.2) is 11.0 Å². The van der Waals surface area contributed by atoms with Gasteiger partial charge in [0.05, 0.1) is 23.2 Å². The molecule has 0 bridgehead atoms. The zero-order valence-electron chi connectivity index (χ0n) is 16.5. The van der Waals surface area contributed by atoms with Crippen molar-refractivity contribution in [1.29, 1.82) is 0 Å². The van der Waals surface area contributed by atoms with Gasteiger partial charge in [-0.15, -0.1) is 10.2 Å². The Bertz CT molecular complexity index is 963.